The van der Waals surface area contributed by atoms with E-state index in [0.717, 1.165) is 22.8 Å². The molecule has 0 spiro atoms. The number of fused-ring (bicyclic) bond motifs is 1. The average molecular weight is 293 g/mol. The van der Waals surface area contributed by atoms with Gasteiger partial charge >= 0.3 is 0 Å². The summed E-state index contributed by atoms with van der Waals surface area (Å²) in [4.78, 5) is 3.35. The van der Waals surface area contributed by atoms with E-state index in [4.69, 9.17) is 17.3 Å². The number of nitrogens with one attached hydrogen (secondary N) is 1. The van der Waals surface area contributed by atoms with Crippen molar-refractivity contribution >= 4 is 17.4 Å². The van der Waals surface area contributed by atoms with Gasteiger partial charge in [0, 0.05) is 11.4 Å². The van der Waals surface area contributed by atoms with E-state index in [2.05, 4.69) is 17.1 Å². The maximum atomic E-state index is 6.08. The Hall–Kier alpha value is -1.51. The van der Waals surface area contributed by atoms with Crippen molar-refractivity contribution in [1.29, 1.82) is 0 Å². The number of rotatable bonds is 1. The summed E-state index contributed by atoms with van der Waals surface area (Å²) in [5.74, 6) is 0.738. The highest BCUT2D eigenvalue weighted by atomic mass is 35.5. The van der Waals surface area contributed by atoms with Crippen LogP contribution in [0.2, 0.25) is 5.02 Å². The molecule has 98 valence electrons. The average Bonchev–Trinajstić information content (AvgIpc) is 2.39. The van der Waals surface area contributed by atoms with Crippen LogP contribution in [0.25, 0.3) is 0 Å². The van der Waals surface area contributed by atoms with Gasteiger partial charge in [0.15, 0.2) is 0 Å². The van der Waals surface area contributed by atoms with Gasteiger partial charge in [0.2, 0.25) is 0 Å². The third kappa shape index (κ3) is 2.75. The summed E-state index contributed by atoms with van der Waals surface area (Å²) >= 11 is 6.03. The lowest BCUT2D eigenvalue weighted by molar-refractivity contribution is -0.512. The number of hydrogen-bond donors (Lipinski definition) is 2. The Kier molecular flexibility index (Phi) is 4.13. The smallest absolute Gasteiger partial charge is 0.273 e. The van der Waals surface area contributed by atoms with Crippen LogP contribution in [0.1, 0.15) is 22.7 Å². The fourth-order valence-electron chi connectivity index (χ4n) is 2.42. The highest BCUT2D eigenvalue weighted by molar-refractivity contribution is 6.30. The zero-order valence-electron chi connectivity index (χ0n) is 10.2. The molecule has 1 unspecified atom stereocenters. The molecule has 19 heavy (non-hydrogen) atoms. The number of hydrogen-bond acceptors (Lipinski definition) is 1. The van der Waals surface area contributed by atoms with E-state index in [1.165, 1.54) is 11.1 Å². The highest BCUT2D eigenvalue weighted by Crippen LogP contribution is 2.21. The second-order valence-corrected chi connectivity index (χ2v) is 4.96. The zero-order valence-corrected chi connectivity index (χ0v) is 11.7. The predicted molar refractivity (Wildman–Crippen MR) is 73.6 cm³/mol. The molecule has 4 heteroatoms. The topological polar surface area (TPSA) is 40.0 Å². The van der Waals surface area contributed by atoms with Crippen molar-refractivity contribution in [2.75, 3.05) is 0 Å². The first kappa shape index (κ1) is 13.9. The van der Waals surface area contributed by atoms with E-state index < -0.39 is 0 Å². The number of benzene rings is 2. The Bertz CT molecular complexity index is 623. The summed E-state index contributed by atoms with van der Waals surface area (Å²) < 4.78 is 0. The van der Waals surface area contributed by atoms with Crippen LogP contribution < -0.4 is 23.1 Å². The molecule has 0 radical (unpaired) electrons. The minimum absolute atomic E-state index is 0. The van der Waals surface area contributed by atoms with Crippen LogP contribution in [0.15, 0.2) is 48.5 Å². The van der Waals surface area contributed by atoms with Gasteiger partial charge < -0.3 is 12.4 Å². The zero-order chi connectivity index (χ0) is 12.5. The molecule has 1 atom stereocenters. The summed E-state index contributed by atoms with van der Waals surface area (Å²) in [6.07, 6.45) is 0.928. The van der Waals surface area contributed by atoms with Crippen LogP contribution in [0.3, 0.4) is 0 Å². The number of nitrogen functional groups attached to an aromatic ring is 1. The predicted octanol–water partition coefficient (Wildman–Crippen LogP) is -1.57. The van der Waals surface area contributed by atoms with Crippen LogP contribution in [0.5, 0.6) is 0 Å². The van der Waals surface area contributed by atoms with E-state index >= 15 is 0 Å². The monoisotopic (exact) mass is 292 g/mol. The van der Waals surface area contributed by atoms with Gasteiger partial charge in [-0.1, -0.05) is 41.9 Å². The molecule has 2 aromatic carbocycles. The molecule has 0 saturated carbocycles. The second-order valence-electron chi connectivity index (χ2n) is 4.53. The van der Waals surface area contributed by atoms with Gasteiger partial charge in [0.25, 0.3) is 5.84 Å². The SMILES string of the molecule is NC1=[NH+]C(c2cccc(Cl)c2)Cc2ccccc21.[Cl-]. The van der Waals surface area contributed by atoms with Crippen molar-refractivity contribution in [2.24, 2.45) is 5.73 Å². The first-order valence-electron chi connectivity index (χ1n) is 5.97. The Morgan fingerprint density at radius 2 is 1.89 bits per heavy atom. The molecule has 0 bridgehead atoms. The van der Waals surface area contributed by atoms with E-state index in [-0.39, 0.29) is 18.4 Å². The van der Waals surface area contributed by atoms with Crippen molar-refractivity contribution in [3.63, 3.8) is 0 Å². The van der Waals surface area contributed by atoms with E-state index in [9.17, 15) is 0 Å². The standard InChI is InChI=1S/C15H13ClN2.ClH/c16-12-6-3-5-11(8-12)14-9-10-4-1-2-7-13(10)15(17)18-14;/h1-8,14H,9H2,(H2,17,18);1H. The van der Waals surface area contributed by atoms with Gasteiger partial charge in [-0.15, -0.1) is 0 Å². The molecule has 1 heterocycles. The number of nitrogens with two attached hydrogens (primary N) is 1. The van der Waals surface area contributed by atoms with Crippen molar-refractivity contribution in [3.8, 4) is 0 Å². The van der Waals surface area contributed by atoms with Crippen LogP contribution >= 0.6 is 11.6 Å². The summed E-state index contributed by atoms with van der Waals surface area (Å²) in [5, 5.41) is 0.756. The molecule has 0 saturated heterocycles. The Morgan fingerprint density at radius 1 is 1.11 bits per heavy atom. The first-order valence-corrected chi connectivity index (χ1v) is 6.34. The van der Waals surface area contributed by atoms with Crippen LogP contribution in [0, 0.1) is 0 Å². The molecule has 1 aliphatic heterocycles. The molecule has 0 aliphatic carbocycles. The summed E-state index contributed by atoms with van der Waals surface area (Å²) in [7, 11) is 0. The first-order chi connectivity index (χ1) is 8.74. The van der Waals surface area contributed by atoms with Crippen LogP contribution in [0.4, 0.5) is 0 Å². The maximum Gasteiger partial charge on any atom is 0.273 e. The quantitative estimate of drug-likeness (QED) is 0.655. The van der Waals surface area contributed by atoms with Crippen LogP contribution in [-0.4, -0.2) is 5.84 Å². The van der Waals surface area contributed by atoms with Crippen molar-refractivity contribution < 1.29 is 17.4 Å². The highest BCUT2D eigenvalue weighted by Gasteiger charge is 2.23. The lowest BCUT2D eigenvalue weighted by Crippen LogP contribution is -3.00. The lowest BCUT2D eigenvalue weighted by Gasteiger charge is -2.18. The minimum atomic E-state index is 0. The third-order valence-electron chi connectivity index (χ3n) is 3.31. The second kappa shape index (κ2) is 5.64. The molecule has 3 rings (SSSR count). The van der Waals surface area contributed by atoms with Gasteiger partial charge in [-0.3, -0.25) is 10.7 Å². The van der Waals surface area contributed by atoms with Crippen molar-refractivity contribution in [3.05, 3.63) is 70.2 Å². The van der Waals surface area contributed by atoms with Gasteiger partial charge in [-0.2, -0.15) is 0 Å². The third-order valence-corrected chi connectivity index (χ3v) is 3.55. The largest absolute Gasteiger partial charge is 1.00 e. The van der Waals surface area contributed by atoms with Crippen LogP contribution in [-0.2, 0) is 6.42 Å². The Morgan fingerprint density at radius 3 is 2.68 bits per heavy atom. The van der Waals surface area contributed by atoms with E-state index in [1.807, 2.05) is 36.4 Å². The summed E-state index contributed by atoms with van der Waals surface area (Å²) in [6, 6.07) is 16.3. The Balaban J connectivity index is 0.00000133. The number of amidine groups is 1. The van der Waals surface area contributed by atoms with Gasteiger partial charge in [0.1, 0.15) is 6.04 Å². The van der Waals surface area contributed by atoms with E-state index in [1.54, 1.807) is 0 Å². The van der Waals surface area contributed by atoms with Gasteiger partial charge in [-0.05, 0) is 29.3 Å². The summed E-state index contributed by atoms with van der Waals surface area (Å²) in [5.41, 5.74) is 9.64. The fourth-order valence-corrected chi connectivity index (χ4v) is 2.62. The number of halogens is 2. The summed E-state index contributed by atoms with van der Waals surface area (Å²) in [6.45, 7) is 0. The van der Waals surface area contributed by atoms with Crippen molar-refractivity contribution in [1.82, 2.24) is 0 Å². The fraction of sp³-hybridized carbons (Fsp3) is 0.133. The molecule has 2 nitrogen and oxygen atoms in total. The van der Waals surface area contributed by atoms with E-state index in [0.29, 0.717) is 0 Å². The minimum Gasteiger partial charge on any atom is -1.00 e. The lowest BCUT2D eigenvalue weighted by atomic mass is 9.92. The molecule has 2 aromatic rings. The van der Waals surface area contributed by atoms with Crippen molar-refractivity contribution in [2.45, 2.75) is 12.5 Å². The molecular weight excluding hydrogens is 279 g/mol. The normalized spacial score (nSPS) is 17.1. The molecule has 1 aliphatic rings. The molecule has 0 aromatic heterocycles. The maximum absolute atomic E-state index is 6.08. The molecule has 0 fully saturated rings. The molecule has 0 amide bonds. The molecular formula is C15H14Cl2N2. The Labute approximate surface area is 123 Å². The molecule has 3 N–H and O–H groups in total. The van der Waals surface area contributed by atoms with Gasteiger partial charge in [-0.25, -0.2) is 0 Å². The van der Waals surface area contributed by atoms with Gasteiger partial charge in [0.05, 0.1) is 5.56 Å².